The first-order valence-electron chi connectivity index (χ1n) is 5.13. The molecule has 0 unspecified atom stereocenters. The number of hydrogen-bond acceptors (Lipinski definition) is 4. The van der Waals surface area contributed by atoms with Crippen molar-refractivity contribution in [1.82, 2.24) is 0 Å². The highest BCUT2D eigenvalue weighted by molar-refractivity contribution is 9.10. The van der Waals surface area contributed by atoms with Gasteiger partial charge in [0.1, 0.15) is 5.69 Å². The van der Waals surface area contributed by atoms with Gasteiger partial charge < -0.3 is 11.1 Å². The Balaban J connectivity index is 2.25. The maximum absolute atomic E-state index is 10.6. The van der Waals surface area contributed by atoms with Crippen LogP contribution in [0.5, 0.6) is 0 Å². The van der Waals surface area contributed by atoms with Crippen molar-refractivity contribution in [1.29, 1.82) is 0 Å². The van der Waals surface area contributed by atoms with Gasteiger partial charge in [0.25, 0.3) is 5.69 Å². The quantitative estimate of drug-likeness (QED) is 0.515. The van der Waals surface area contributed by atoms with Crippen LogP contribution in [0.1, 0.15) is 0 Å². The molecule has 0 amide bonds. The smallest absolute Gasteiger partial charge is 0.292 e. The summed E-state index contributed by atoms with van der Waals surface area (Å²) in [4.78, 5) is 10.1. The number of hydrogen-bond donors (Lipinski definition) is 2. The molecule has 2 aromatic rings. The second kappa shape index (κ2) is 5.05. The van der Waals surface area contributed by atoms with Gasteiger partial charge in [-0.05, 0) is 30.3 Å². The van der Waals surface area contributed by atoms with Gasteiger partial charge in [-0.25, -0.2) is 0 Å². The lowest BCUT2D eigenvalue weighted by molar-refractivity contribution is -0.383. The van der Waals surface area contributed by atoms with E-state index in [-0.39, 0.29) is 11.4 Å². The molecule has 0 aromatic heterocycles. The number of anilines is 3. The Bertz CT molecular complexity index is 602. The minimum atomic E-state index is -0.502. The molecule has 0 aliphatic carbocycles. The lowest BCUT2D eigenvalue weighted by Crippen LogP contribution is -1.97. The lowest BCUT2D eigenvalue weighted by Gasteiger charge is -2.07. The molecule has 0 radical (unpaired) electrons. The number of benzene rings is 2. The average Bonchev–Trinajstić information content (AvgIpc) is 2.28. The van der Waals surface area contributed by atoms with Crippen molar-refractivity contribution in [3.05, 3.63) is 57.1 Å². The van der Waals surface area contributed by atoms with Crippen LogP contribution in [0.3, 0.4) is 0 Å². The average molecular weight is 308 g/mol. The fourth-order valence-corrected chi connectivity index (χ4v) is 1.93. The normalized spacial score (nSPS) is 10.1. The van der Waals surface area contributed by atoms with Crippen LogP contribution in [0, 0.1) is 10.1 Å². The molecule has 0 atom stereocenters. The largest absolute Gasteiger partial charge is 0.393 e. The highest BCUT2D eigenvalue weighted by Crippen LogP contribution is 2.27. The van der Waals surface area contributed by atoms with Gasteiger partial charge in [-0.2, -0.15) is 0 Å². The standard InChI is InChI=1S/C12H10BrN3O2/c13-8-2-1-3-9(6-8)15-10-4-5-12(16(17)18)11(14)7-10/h1-7,15H,14H2. The van der Waals surface area contributed by atoms with Crippen molar-refractivity contribution in [3.63, 3.8) is 0 Å². The molecule has 0 aliphatic rings. The minimum Gasteiger partial charge on any atom is -0.393 e. The Hall–Kier alpha value is -2.08. The molecule has 0 bridgehead atoms. The van der Waals surface area contributed by atoms with Gasteiger partial charge in [-0.15, -0.1) is 0 Å². The molecule has 0 spiro atoms. The van der Waals surface area contributed by atoms with Crippen LogP contribution in [-0.4, -0.2) is 4.92 Å². The van der Waals surface area contributed by atoms with E-state index in [0.29, 0.717) is 5.69 Å². The number of nitrogens with two attached hydrogens (primary N) is 1. The second-order valence-electron chi connectivity index (χ2n) is 3.67. The van der Waals surface area contributed by atoms with Crippen LogP contribution in [-0.2, 0) is 0 Å². The van der Waals surface area contributed by atoms with Gasteiger partial charge in [0.05, 0.1) is 4.92 Å². The van der Waals surface area contributed by atoms with Gasteiger partial charge in [-0.1, -0.05) is 22.0 Å². The van der Waals surface area contributed by atoms with Crippen molar-refractivity contribution in [2.45, 2.75) is 0 Å². The molecule has 0 heterocycles. The maximum Gasteiger partial charge on any atom is 0.292 e. The zero-order chi connectivity index (χ0) is 13.1. The molecule has 18 heavy (non-hydrogen) atoms. The van der Waals surface area contributed by atoms with Crippen molar-refractivity contribution < 1.29 is 4.92 Å². The first-order chi connectivity index (χ1) is 8.56. The van der Waals surface area contributed by atoms with E-state index in [1.165, 1.54) is 6.07 Å². The molecular formula is C12H10BrN3O2. The number of nitrogens with zero attached hydrogens (tertiary/aromatic N) is 1. The predicted molar refractivity (Wildman–Crippen MR) is 74.9 cm³/mol. The minimum absolute atomic E-state index is 0.0882. The molecule has 0 saturated heterocycles. The maximum atomic E-state index is 10.6. The van der Waals surface area contributed by atoms with Crippen molar-refractivity contribution in [2.75, 3.05) is 11.1 Å². The van der Waals surface area contributed by atoms with Crippen LogP contribution in [0.25, 0.3) is 0 Å². The van der Waals surface area contributed by atoms with E-state index in [9.17, 15) is 10.1 Å². The summed E-state index contributed by atoms with van der Waals surface area (Å²) in [7, 11) is 0. The summed E-state index contributed by atoms with van der Waals surface area (Å²) < 4.78 is 0.947. The summed E-state index contributed by atoms with van der Waals surface area (Å²) in [6.07, 6.45) is 0. The Labute approximate surface area is 112 Å². The van der Waals surface area contributed by atoms with Crippen LogP contribution in [0.4, 0.5) is 22.7 Å². The SMILES string of the molecule is Nc1cc(Nc2cccc(Br)c2)ccc1[N+](=O)[O-]. The molecule has 92 valence electrons. The molecule has 0 saturated carbocycles. The molecule has 6 heteroatoms. The van der Waals surface area contributed by atoms with Gasteiger partial charge in [0.15, 0.2) is 0 Å². The lowest BCUT2D eigenvalue weighted by atomic mass is 10.2. The van der Waals surface area contributed by atoms with E-state index in [2.05, 4.69) is 21.2 Å². The molecular weight excluding hydrogens is 298 g/mol. The fraction of sp³-hybridized carbons (Fsp3) is 0. The summed E-state index contributed by atoms with van der Waals surface area (Å²) in [5.41, 5.74) is 7.24. The molecule has 2 rings (SSSR count). The van der Waals surface area contributed by atoms with Gasteiger partial charge in [-0.3, -0.25) is 10.1 Å². The summed E-state index contributed by atoms with van der Waals surface area (Å²) in [6.45, 7) is 0. The van der Waals surface area contributed by atoms with E-state index < -0.39 is 4.92 Å². The van der Waals surface area contributed by atoms with E-state index in [0.717, 1.165) is 10.2 Å². The van der Waals surface area contributed by atoms with E-state index >= 15 is 0 Å². The van der Waals surface area contributed by atoms with E-state index in [1.807, 2.05) is 24.3 Å². The Morgan fingerprint density at radius 1 is 1.17 bits per heavy atom. The number of nitro groups is 1. The zero-order valence-corrected chi connectivity index (χ0v) is 10.8. The molecule has 0 fully saturated rings. The van der Waals surface area contributed by atoms with Crippen molar-refractivity contribution in [3.8, 4) is 0 Å². The molecule has 3 N–H and O–H groups in total. The molecule has 2 aromatic carbocycles. The zero-order valence-electron chi connectivity index (χ0n) is 9.26. The van der Waals surface area contributed by atoms with Gasteiger partial charge in [0.2, 0.25) is 0 Å². The first kappa shape index (κ1) is 12.4. The van der Waals surface area contributed by atoms with Gasteiger partial charge >= 0.3 is 0 Å². The van der Waals surface area contributed by atoms with Gasteiger partial charge in [0, 0.05) is 21.9 Å². The molecule has 5 nitrogen and oxygen atoms in total. The van der Waals surface area contributed by atoms with E-state index in [4.69, 9.17) is 5.73 Å². The third-order valence-electron chi connectivity index (χ3n) is 2.34. The number of halogens is 1. The summed E-state index contributed by atoms with van der Waals surface area (Å²) >= 11 is 3.37. The van der Waals surface area contributed by atoms with Crippen LogP contribution < -0.4 is 11.1 Å². The van der Waals surface area contributed by atoms with Crippen LogP contribution in [0.2, 0.25) is 0 Å². The Morgan fingerprint density at radius 3 is 2.50 bits per heavy atom. The predicted octanol–water partition coefficient (Wildman–Crippen LogP) is 3.68. The third-order valence-corrected chi connectivity index (χ3v) is 2.83. The highest BCUT2D eigenvalue weighted by atomic mass is 79.9. The number of nitrogen functional groups attached to an aromatic ring is 1. The number of rotatable bonds is 3. The monoisotopic (exact) mass is 307 g/mol. The second-order valence-corrected chi connectivity index (χ2v) is 4.58. The van der Waals surface area contributed by atoms with Crippen LogP contribution >= 0.6 is 15.9 Å². The number of nitrogens with one attached hydrogen (secondary N) is 1. The third kappa shape index (κ3) is 2.78. The molecule has 0 aliphatic heterocycles. The van der Waals surface area contributed by atoms with E-state index in [1.54, 1.807) is 12.1 Å². The van der Waals surface area contributed by atoms with Crippen molar-refractivity contribution in [2.24, 2.45) is 0 Å². The highest BCUT2D eigenvalue weighted by Gasteiger charge is 2.10. The first-order valence-corrected chi connectivity index (χ1v) is 5.92. The van der Waals surface area contributed by atoms with Crippen molar-refractivity contribution >= 4 is 38.7 Å². The fourth-order valence-electron chi connectivity index (χ4n) is 1.53. The van der Waals surface area contributed by atoms with Crippen LogP contribution in [0.15, 0.2) is 46.9 Å². The summed E-state index contributed by atoms with van der Waals surface area (Å²) in [5.74, 6) is 0. The summed E-state index contributed by atoms with van der Waals surface area (Å²) in [5, 5.41) is 13.8. The number of nitro benzene ring substituents is 1. The Kier molecular flexibility index (Phi) is 3.47. The topological polar surface area (TPSA) is 81.2 Å². The summed E-state index contributed by atoms with van der Waals surface area (Å²) in [6, 6.07) is 12.1. The Morgan fingerprint density at radius 2 is 1.89 bits per heavy atom.